The van der Waals surface area contributed by atoms with Gasteiger partial charge in [-0.3, -0.25) is 14.5 Å². The van der Waals surface area contributed by atoms with Gasteiger partial charge in [0.2, 0.25) is 11.8 Å². The number of aryl methyl sites for hydroxylation is 1. The number of benzene rings is 1. The molecule has 2 amide bonds. The van der Waals surface area contributed by atoms with Gasteiger partial charge in [-0.05, 0) is 40.2 Å². The molecule has 1 N–H and O–H groups in total. The fourth-order valence-electron chi connectivity index (χ4n) is 3.74. The van der Waals surface area contributed by atoms with E-state index in [1.165, 1.54) is 11.8 Å². The summed E-state index contributed by atoms with van der Waals surface area (Å²) in [6, 6.07) is 8.12. The number of hydrogen-bond acceptors (Lipinski definition) is 6. The third-order valence-electron chi connectivity index (χ3n) is 5.35. The minimum absolute atomic E-state index is 0.0243. The Balaban J connectivity index is 1.52. The lowest BCUT2D eigenvalue weighted by Gasteiger charge is -2.34. The summed E-state index contributed by atoms with van der Waals surface area (Å²) < 4.78 is 2.06. The van der Waals surface area contributed by atoms with Crippen LogP contribution in [-0.4, -0.2) is 80.4 Å². The molecular weight excluding hydrogens is 424 g/mol. The zero-order chi connectivity index (χ0) is 23.3. The number of aromatic nitrogens is 3. The molecule has 1 fully saturated rings. The summed E-state index contributed by atoms with van der Waals surface area (Å²) in [7, 11) is 0. The number of nitrogens with one attached hydrogen (secondary N) is 1. The molecule has 2 heterocycles. The number of thioether (sulfide) groups is 1. The normalized spacial score (nSPS) is 15.1. The average molecular weight is 459 g/mol. The highest BCUT2D eigenvalue weighted by molar-refractivity contribution is 7.99. The van der Waals surface area contributed by atoms with Crippen LogP contribution in [0.1, 0.15) is 33.3 Å². The first kappa shape index (κ1) is 24.3. The van der Waals surface area contributed by atoms with Gasteiger partial charge < -0.3 is 14.8 Å². The van der Waals surface area contributed by atoms with Crippen LogP contribution in [0.2, 0.25) is 0 Å². The zero-order valence-electron chi connectivity index (χ0n) is 19.7. The van der Waals surface area contributed by atoms with Crippen LogP contribution in [0.25, 0.3) is 11.4 Å². The Hall–Kier alpha value is -2.39. The van der Waals surface area contributed by atoms with Gasteiger partial charge in [0.1, 0.15) is 0 Å². The maximum absolute atomic E-state index is 12.8. The third kappa shape index (κ3) is 6.32. The first-order valence-electron chi connectivity index (χ1n) is 11.1. The largest absolute Gasteiger partial charge is 0.350 e. The lowest BCUT2D eigenvalue weighted by Crippen LogP contribution is -2.53. The van der Waals surface area contributed by atoms with E-state index in [4.69, 9.17) is 0 Å². The van der Waals surface area contributed by atoms with Crippen molar-refractivity contribution in [3.8, 4) is 11.4 Å². The van der Waals surface area contributed by atoms with Crippen LogP contribution in [0.5, 0.6) is 0 Å². The van der Waals surface area contributed by atoms with Crippen molar-refractivity contribution >= 4 is 23.6 Å². The Morgan fingerprint density at radius 3 is 2.41 bits per heavy atom. The second-order valence-electron chi connectivity index (χ2n) is 9.11. The standard InChI is InChI=1S/C23H34N6O2S/c1-6-29-21(18-10-8-7-9-17(18)2)25-26-22(29)32-16-20(31)28-13-11-27(12-14-28)15-19(30)24-23(3,4)5/h7-10H,6,11-16H2,1-5H3,(H,24,30). The molecule has 174 valence electrons. The van der Waals surface area contributed by atoms with Crippen molar-refractivity contribution in [1.82, 2.24) is 29.9 Å². The minimum atomic E-state index is -0.232. The fraction of sp³-hybridized carbons (Fsp3) is 0.565. The van der Waals surface area contributed by atoms with E-state index in [9.17, 15) is 9.59 Å². The molecule has 0 unspecified atom stereocenters. The van der Waals surface area contributed by atoms with Crippen molar-refractivity contribution in [2.24, 2.45) is 0 Å². The van der Waals surface area contributed by atoms with Gasteiger partial charge in [0.05, 0.1) is 12.3 Å². The number of carbonyl (C=O) groups is 2. The van der Waals surface area contributed by atoms with Crippen LogP contribution in [0.4, 0.5) is 0 Å². The molecule has 0 saturated carbocycles. The first-order valence-corrected chi connectivity index (χ1v) is 12.1. The summed E-state index contributed by atoms with van der Waals surface area (Å²) >= 11 is 1.43. The highest BCUT2D eigenvalue weighted by atomic mass is 32.2. The molecule has 1 aliphatic heterocycles. The number of carbonyl (C=O) groups excluding carboxylic acids is 2. The van der Waals surface area contributed by atoms with Gasteiger partial charge >= 0.3 is 0 Å². The second kappa shape index (κ2) is 10.5. The van der Waals surface area contributed by atoms with Crippen LogP contribution in [-0.2, 0) is 16.1 Å². The van der Waals surface area contributed by atoms with Crippen molar-refractivity contribution in [2.45, 2.75) is 51.9 Å². The summed E-state index contributed by atoms with van der Waals surface area (Å²) in [6.07, 6.45) is 0. The number of nitrogens with zero attached hydrogens (tertiary/aromatic N) is 5. The fourth-order valence-corrected chi connectivity index (χ4v) is 4.64. The Kier molecular flexibility index (Phi) is 7.95. The molecule has 1 saturated heterocycles. The van der Waals surface area contributed by atoms with Gasteiger partial charge in [-0.2, -0.15) is 0 Å². The van der Waals surface area contributed by atoms with Gasteiger partial charge in [-0.15, -0.1) is 10.2 Å². The maximum atomic E-state index is 12.8. The molecule has 1 aromatic heterocycles. The van der Waals surface area contributed by atoms with Crippen molar-refractivity contribution in [3.05, 3.63) is 29.8 Å². The van der Waals surface area contributed by atoms with Crippen LogP contribution in [0.15, 0.2) is 29.4 Å². The lowest BCUT2D eigenvalue weighted by molar-refractivity contribution is -0.130. The summed E-state index contributed by atoms with van der Waals surface area (Å²) in [4.78, 5) is 28.9. The van der Waals surface area contributed by atoms with E-state index in [1.807, 2.05) is 43.9 Å². The molecule has 9 heteroatoms. The molecule has 0 radical (unpaired) electrons. The highest BCUT2D eigenvalue weighted by Crippen LogP contribution is 2.26. The number of rotatable bonds is 7. The molecule has 0 spiro atoms. The van der Waals surface area contributed by atoms with Crippen molar-refractivity contribution in [2.75, 3.05) is 38.5 Å². The summed E-state index contributed by atoms with van der Waals surface area (Å²) in [5, 5.41) is 12.5. The molecule has 3 rings (SSSR count). The predicted molar refractivity (Wildman–Crippen MR) is 128 cm³/mol. The van der Waals surface area contributed by atoms with E-state index in [0.29, 0.717) is 38.5 Å². The van der Waals surface area contributed by atoms with E-state index >= 15 is 0 Å². The first-order chi connectivity index (χ1) is 15.2. The molecular formula is C23H34N6O2S. The monoisotopic (exact) mass is 458 g/mol. The quantitative estimate of drug-likeness (QED) is 0.642. The van der Waals surface area contributed by atoms with Gasteiger partial charge in [-0.25, -0.2) is 0 Å². The van der Waals surface area contributed by atoms with E-state index in [-0.39, 0.29) is 17.4 Å². The Bertz CT molecular complexity index is 944. The van der Waals surface area contributed by atoms with Crippen LogP contribution in [0, 0.1) is 6.92 Å². The molecule has 32 heavy (non-hydrogen) atoms. The van der Waals surface area contributed by atoms with Crippen molar-refractivity contribution in [3.63, 3.8) is 0 Å². The third-order valence-corrected chi connectivity index (χ3v) is 6.30. The molecule has 0 bridgehead atoms. The van der Waals surface area contributed by atoms with Crippen molar-refractivity contribution in [1.29, 1.82) is 0 Å². The van der Waals surface area contributed by atoms with E-state index < -0.39 is 0 Å². The molecule has 2 aromatic rings. The van der Waals surface area contributed by atoms with Gasteiger partial charge in [0.15, 0.2) is 11.0 Å². The number of piperazine rings is 1. The average Bonchev–Trinajstić information content (AvgIpc) is 3.14. The Morgan fingerprint density at radius 1 is 1.09 bits per heavy atom. The van der Waals surface area contributed by atoms with Crippen LogP contribution >= 0.6 is 11.8 Å². The minimum Gasteiger partial charge on any atom is -0.350 e. The predicted octanol–water partition coefficient (Wildman–Crippen LogP) is 2.42. The van der Waals surface area contributed by atoms with E-state index in [0.717, 1.165) is 28.7 Å². The molecule has 0 atom stereocenters. The summed E-state index contributed by atoms with van der Waals surface area (Å²) in [6.45, 7) is 13.8. The second-order valence-corrected chi connectivity index (χ2v) is 10.1. The number of hydrogen-bond donors (Lipinski definition) is 1. The highest BCUT2D eigenvalue weighted by Gasteiger charge is 2.24. The summed E-state index contributed by atoms with van der Waals surface area (Å²) in [5.41, 5.74) is 1.98. The topological polar surface area (TPSA) is 83.4 Å². The van der Waals surface area contributed by atoms with Gasteiger partial charge in [0, 0.05) is 43.8 Å². The van der Waals surface area contributed by atoms with Crippen LogP contribution in [0.3, 0.4) is 0 Å². The van der Waals surface area contributed by atoms with Gasteiger partial charge in [0.25, 0.3) is 0 Å². The molecule has 1 aromatic carbocycles. The summed E-state index contributed by atoms with van der Waals surface area (Å²) in [5.74, 6) is 1.28. The Labute approximate surface area is 194 Å². The molecule has 0 aliphatic carbocycles. The molecule has 1 aliphatic rings. The lowest BCUT2D eigenvalue weighted by atomic mass is 10.1. The smallest absolute Gasteiger partial charge is 0.234 e. The van der Waals surface area contributed by atoms with Crippen molar-refractivity contribution < 1.29 is 9.59 Å². The molecule has 8 nitrogen and oxygen atoms in total. The van der Waals surface area contributed by atoms with Gasteiger partial charge in [-0.1, -0.05) is 36.0 Å². The number of amides is 2. The van der Waals surface area contributed by atoms with Crippen LogP contribution < -0.4 is 5.32 Å². The SMILES string of the molecule is CCn1c(SCC(=O)N2CCN(CC(=O)NC(C)(C)C)CC2)nnc1-c1ccccc1C. The van der Waals surface area contributed by atoms with E-state index in [1.54, 1.807) is 0 Å². The Morgan fingerprint density at radius 2 is 1.78 bits per heavy atom. The maximum Gasteiger partial charge on any atom is 0.234 e. The van der Waals surface area contributed by atoms with E-state index in [2.05, 4.69) is 44.9 Å². The zero-order valence-corrected chi connectivity index (χ0v) is 20.5.